The van der Waals surface area contributed by atoms with Crippen molar-refractivity contribution in [3.05, 3.63) is 18.6 Å². The maximum Gasteiger partial charge on any atom is 0.326 e. The zero-order valence-corrected chi connectivity index (χ0v) is 30.8. The maximum atomic E-state index is 14.6. The van der Waals surface area contributed by atoms with Crippen LogP contribution in [0, 0.1) is 0 Å². The number of carbonyl (C=O) groups excluding carboxylic acids is 2. The van der Waals surface area contributed by atoms with Crippen LogP contribution in [0.2, 0.25) is 0 Å². The van der Waals surface area contributed by atoms with E-state index in [0.29, 0.717) is 23.4 Å². The fourth-order valence-corrected chi connectivity index (χ4v) is 7.86. The normalized spacial score (nSPS) is 13.2. The Balaban J connectivity index is 2.09. The number of nitrogen functional groups attached to an aromatic ring is 1. The molecule has 2 heterocycles. The molecular formula is C34H61N6O6P. The molecule has 4 N–H and O–H groups in total. The maximum absolute atomic E-state index is 14.6. The summed E-state index contributed by atoms with van der Waals surface area (Å²) in [5, 5.41) is 5.97. The number of hydrogen-bond donors (Lipinski definition) is 3. The third-order valence-electron chi connectivity index (χ3n) is 7.93. The minimum absolute atomic E-state index is 0.287. The van der Waals surface area contributed by atoms with E-state index in [1.54, 1.807) is 46.3 Å². The van der Waals surface area contributed by atoms with Crippen LogP contribution < -0.4 is 15.9 Å². The monoisotopic (exact) mass is 680 g/mol. The lowest BCUT2D eigenvalue weighted by Crippen LogP contribution is -2.54. The molecule has 2 aromatic heterocycles. The predicted octanol–water partition coefficient (Wildman–Crippen LogP) is 7.11. The lowest BCUT2D eigenvalue weighted by atomic mass is 10.1. The van der Waals surface area contributed by atoms with Gasteiger partial charge < -0.3 is 24.5 Å². The van der Waals surface area contributed by atoms with Gasteiger partial charge in [0.05, 0.1) is 37.9 Å². The molecule has 0 aliphatic rings. The lowest BCUT2D eigenvalue weighted by molar-refractivity contribution is -0.149. The van der Waals surface area contributed by atoms with E-state index in [1.807, 2.05) is 11.5 Å². The smallest absolute Gasteiger partial charge is 0.326 e. The average Bonchev–Trinajstić information content (AvgIpc) is 3.42. The molecule has 1 atom stereocenters. The summed E-state index contributed by atoms with van der Waals surface area (Å²) in [4.78, 5) is 35.0. The van der Waals surface area contributed by atoms with Crippen LogP contribution in [-0.4, -0.2) is 63.2 Å². The topological polar surface area (TPSA) is 160 Å². The quantitative estimate of drug-likeness (QED) is 0.0557. The molecule has 2 rings (SSSR count). The second kappa shape index (κ2) is 20.1. The van der Waals surface area contributed by atoms with E-state index in [1.165, 1.54) is 38.5 Å². The summed E-state index contributed by atoms with van der Waals surface area (Å²) < 4.78 is 33.6. The minimum Gasteiger partial charge on any atom is -0.464 e. The van der Waals surface area contributed by atoms with Crippen LogP contribution in [0.3, 0.4) is 0 Å². The fraction of sp³-hybridized carbons (Fsp3) is 0.765. The van der Waals surface area contributed by atoms with Crippen LogP contribution in [0.1, 0.15) is 126 Å². The third kappa shape index (κ3) is 14.2. The molecule has 0 bridgehead atoms. The first-order valence-electron chi connectivity index (χ1n) is 17.4. The van der Waals surface area contributed by atoms with Gasteiger partial charge in [-0.25, -0.2) is 20.1 Å². The number of unbranched alkanes of at least 4 members (excludes halogenated alkanes) is 10. The van der Waals surface area contributed by atoms with E-state index in [-0.39, 0.29) is 19.6 Å². The SMILES string of the molecule is CCCCCCCCOC(=O)C(C)(C)NP(=O)(CO[C@H](C)Cn1cnc2c(N)ccnc21)NC(C)(C)C(=O)OCCCCCCCC. The highest BCUT2D eigenvalue weighted by molar-refractivity contribution is 7.59. The molecule has 47 heavy (non-hydrogen) atoms. The highest BCUT2D eigenvalue weighted by Crippen LogP contribution is 2.42. The van der Waals surface area contributed by atoms with E-state index >= 15 is 0 Å². The van der Waals surface area contributed by atoms with Crippen LogP contribution in [0.25, 0.3) is 11.2 Å². The summed E-state index contributed by atoms with van der Waals surface area (Å²) in [6.45, 7) is 13.6. The van der Waals surface area contributed by atoms with Gasteiger partial charge in [0.2, 0.25) is 7.44 Å². The lowest BCUT2D eigenvalue weighted by Gasteiger charge is -2.35. The van der Waals surface area contributed by atoms with Crippen molar-refractivity contribution in [3.63, 3.8) is 0 Å². The number of esters is 2. The Morgan fingerprint density at radius 2 is 1.34 bits per heavy atom. The van der Waals surface area contributed by atoms with E-state index in [0.717, 1.165) is 38.5 Å². The van der Waals surface area contributed by atoms with Gasteiger partial charge in [0.15, 0.2) is 5.65 Å². The molecule has 0 aromatic carbocycles. The zero-order chi connectivity index (χ0) is 34.9. The Bertz CT molecular complexity index is 1240. The average molecular weight is 681 g/mol. The minimum atomic E-state index is -3.77. The molecule has 0 aliphatic carbocycles. The zero-order valence-electron chi connectivity index (χ0n) is 29.9. The van der Waals surface area contributed by atoms with Crippen molar-refractivity contribution >= 4 is 36.2 Å². The highest BCUT2D eigenvalue weighted by Gasteiger charge is 2.43. The van der Waals surface area contributed by atoms with Crippen molar-refractivity contribution in [1.29, 1.82) is 0 Å². The number of carbonyl (C=O) groups is 2. The number of imidazole rings is 1. The molecule has 0 saturated heterocycles. The van der Waals surface area contributed by atoms with Crippen LogP contribution in [0.15, 0.2) is 18.6 Å². The van der Waals surface area contributed by atoms with Crippen LogP contribution >= 0.6 is 7.44 Å². The number of nitrogens with one attached hydrogen (secondary N) is 2. The molecule has 0 saturated carbocycles. The van der Waals surface area contributed by atoms with E-state index in [9.17, 15) is 14.2 Å². The summed E-state index contributed by atoms with van der Waals surface area (Å²) in [5.41, 5.74) is 5.09. The Hall–Kier alpha value is -2.53. The molecule has 12 nitrogen and oxygen atoms in total. The van der Waals surface area contributed by atoms with Crippen molar-refractivity contribution in [2.75, 3.05) is 25.3 Å². The summed E-state index contributed by atoms with van der Waals surface area (Å²) in [6, 6.07) is 1.69. The number of hydrogen-bond acceptors (Lipinski definition) is 9. The number of rotatable bonds is 25. The first-order chi connectivity index (χ1) is 22.2. The number of nitrogens with two attached hydrogens (primary N) is 1. The molecule has 268 valence electrons. The molecular weight excluding hydrogens is 619 g/mol. The molecule has 0 fully saturated rings. The van der Waals surface area contributed by atoms with Gasteiger partial charge in [-0.05, 0) is 53.5 Å². The van der Waals surface area contributed by atoms with E-state index in [2.05, 4.69) is 34.0 Å². The first-order valence-corrected chi connectivity index (χ1v) is 19.3. The predicted molar refractivity (Wildman–Crippen MR) is 188 cm³/mol. The Kier molecular flexibility index (Phi) is 17.4. The molecule has 0 amide bonds. The second-order valence-electron chi connectivity index (χ2n) is 13.6. The first kappa shape index (κ1) is 40.6. The highest BCUT2D eigenvalue weighted by atomic mass is 31.2. The summed E-state index contributed by atoms with van der Waals surface area (Å²) in [5.74, 6) is -1.06. The van der Waals surface area contributed by atoms with Gasteiger partial charge in [-0.3, -0.25) is 14.2 Å². The van der Waals surface area contributed by atoms with Crippen molar-refractivity contribution in [1.82, 2.24) is 24.7 Å². The van der Waals surface area contributed by atoms with Crippen molar-refractivity contribution in [3.8, 4) is 0 Å². The summed E-state index contributed by atoms with van der Waals surface area (Å²) in [6.07, 6.45) is 15.3. The Morgan fingerprint density at radius 1 is 0.851 bits per heavy atom. The van der Waals surface area contributed by atoms with Crippen molar-refractivity contribution in [2.24, 2.45) is 0 Å². The number of ether oxygens (including phenoxy) is 3. The number of aromatic nitrogens is 3. The van der Waals surface area contributed by atoms with Crippen molar-refractivity contribution in [2.45, 2.75) is 149 Å². The number of anilines is 1. The molecule has 0 radical (unpaired) electrons. The van der Waals surface area contributed by atoms with Crippen molar-refractivity contribution < 1.29 is 28.4 Å². The summed E-state index contributed by atoms with van der Waals surface area (Å²) >= 11 is 0. The van der Waals surface area contributed by atoms with Gasteiger partial charge in [-0.15, -0.1) is 0 Å². The van der Waals surface area contributed by atoms with Gasteiger partial charge in [0.1, 0.15) is 22.9 Å². The van der Waals surface area contributed by atoms with Gasteiger partial charge in [0, 0.05) is 6.20 Å². The molecule has 0 spiro atoms. The second-order valence-corrected chi connectivity index (χ2v) is 15.8. The van der Waals surface area contributed by atoms with E-state index < -0.39 is 36.6 Å². The fourth-order valence-electron chi connectivity index (χ4n) is 5.22. The van der Waals surface area contributed by atoms with Crippen LogP contribution in [0.4, 0.5) is 5.69 Å². The molecule has 0 aliphatic heterocycles. The van der Waals surface area contributed by atoms with Gasteiger partial charge >= 0.3 is 11.9 Å². The molecule has 13 heteroatoms. The van der Waals surface area contributed by atoms with Gasteiger partial charge in [0.25, 0.3) is 0 Å². The molecule has 2 aromatic rings. The van der Waals surface area contributed by atoms with Crippen LogP contribution in [0.5, 0.6) is 0 Å². The number of nitrogens with zero attached hydrogens (tertiary/aromatic N) is 3. The molecule has 0 unspecified atom stereocenters. The van der Waals surface area contributed by atoms with Crippen LogP contribution in [-0.2, 0) is 34.9 Å². The Morgan fingerprint density at radius 3 is 1.85 bits per heavy atom. The van der Waals surface area contributed by atoms with Gasteiger partial charge in [-0.1, -0.05) is 78.1 Å². The van der Waals surface area contributed by atoms with Gasteiger partial charge in [-0.2, -0.15) is 0 Å². The Labute approximate surface area is 282 Å². The summed E-state index contributed by atoms with van der Waals surface area (Å²) in [7, 11) is -3.77. The standard InChI is InChI=1S/C34H61N6O6P/c1-8-10-12-14-16-18-22-44-31(41)33(4,5)38-47(43,39-34(6,7)32(42)45-23-19-17-15-13-11-9-2)26-46-27(3)24-40-25-37-29-28(35)20-21-36-30(29)40/h20-21,25,27H,8-19,22-24,26H2,1-7H3,(H2,35,36)(H2,38,39,43)/t27-/m1/s1. The largest absolute Gasteiger partial charge is 0.464 e. The number of fused-ring (bicyclic) bond motifs is 1. The third-order valence-corrected chi connectivity index (χ3v) is 10.3. The number of pyridine rings is 1. The van der Waals surface area contributed by atoms with E-state index in [4.69, 9.17) is 19.9 Å².